The Bertz CT molecular complexity index is 1060. The summed E-state index contributed by atoms with van der Waals surface area (Å²) in [4.78, 5) is 50.4. The van der Waals surface area contributed by atoms with Crippen LogP contribution in [0.4, 0.5) is 4.39 Å². The monoisotopic (exact) mass is 518 g/mol. The third kappa shape index (κ3) is 3.84. The fourth-order valence-corrected chi connectivity index (χ4v) is 8.22. The fraction of sp³-hybridized carbons (Fsp3) is 0.724. The number of allylic oxidation sites excluding steroid dienone is 4. The van der Waals surface area contributed by atoms with Crippen LogP contribution in [0, 0.1) is 28.6 Å². The van der Waals surface area contributed by atoms with Crippen LogP contribution in [0.1, 0.15) is 79.6 Å². The number of aliphatic hydroxyl groups excluding tert-OH is 1. The van der Waals surface area contributed by atoms with Crippen molar-refractivity contribution in [3.63, 3.8) is 0 Å². The highest BCUT2D eigenvalue weighted by Gasteiger charge is 2.77. The van der Waals surface area contributed by atoms with Gasteiger partial charge in [0.05, 0.1) is 6.10 Å². The Kier molecular flexibility index (Phi) is 7.06. The number of ether oxygens (including phenoxy) is 2. The Morgan fingerprint density at radius 3 is 2.57 bits per heavy atom. The summed E-state index contributed by atoms with van der Waals surface area (Å²) < 4.78 is 28.6. The molecule has 0 heterocycles. The number of carbonyl (C=O) groups is 4. The molecule has 7 nitrogen and oxygen atoms in total. The van der Waals surface area contributed by atoms with Gasteiger partial charge in [-0.3, -0.25) is 19.2 Å². The predicted octanol–water partition coefficient (Wildman–Crippen LogP) is 4.21. The molecule has 204 valence electrons. The molecular weight excluding hydrogens is 479 g/mol. The fourth-order valence-electron chi connectivity index (χ4n) is 8.22. The Morgan fingerprint density at radius 2 is 1.92 bits per heavy atom. The summed E-state index contributed by atoms with van der Waals surface area (Å²) in [6.07, 6.45) is 5.70. The van der Waals surface area contributed by atoms with Crippen molar-refractivity contribution in [3.05, 3.63) is 23.8 Å². The Hall–Kier alpha value is -2.35. The van der Waals surface area contributed by atoms with Crippen molar-refractivity contribution >= 4 is 23.5 Å². The molecule has 8 atom stereocenters. The summed E-state index contributed by atoms with van der Waals surface area (Å²) in [5, 5.41) is 11.6. The van der Waals surface area contributed by atoms with E-state index in [9.17, 15) is 24.3 Å². The SMILES string of the molecule is CCCCC(=O)O[C@]1(C(=O)COC(C)=O)[C@@H](C)C[C@H]2[C@@H]3CCC4=CC(=O)C=C[C@]4(C)[C@@]3(F)[C@@H](O)C[C@@]21C. The molecule has 3 fully saturated rings. The van der Waals surface area contributed by atoms with Crippen molar-refractivity contribution in [1.29, 1.82) is 0 Å². The average Bonchev–Trinajstić information content (AvgIpc) is 3.04. The number of hydrogen-bond acceptors (Lipinski definition) is 7. The van der Waals surface area contributed by atoms with E-state index in [1.807, 2.05) is 20.8 Å². The first-order valence-corrected chi connectivity index (χ1v) is 13.5. The van der Waals surface area contributed by atoms with Crippen molar-refractivity contribution in [2.75, 3.05) is 6.61 Å². The van der Waals surface area contributed by atoms with E-state index >= 15 is 4.39 Å². The number of aliphatic hydroxyl groups is 1. The molecule has 0 radical (unpaired) electrons. The van der Waals surface area contributed by atoms with Crippen LogP contribution in [-0.4, -0.2) is 52.6 Å². The lowest BCUT2D eigenvalue weighted by Crippen LogP contribution is -2.70. The van der Waals surface area contributed by atoms with Gasteiger partial charge in [-0.25, -0.2) is 4.39 Å². The van der Waals surface area contributed by atoms with Crippen molar-refractivity contribution in [2.45, 2.75) is 96.9 Å². The minimum atomic E-state index is -2.06. The highest BCUT2D eigenvalue weighted by atomic mass is 19.1. The van der Waals surface area contributed by atoms with Crippen LogP contribution in [0.3, 0.4) is 0 Å². The summed E-state index contributed by atoms with van der Waals surface area (Å²) in [6.45, 7) is 7.97. The predicted molar refractivity (Wildman–Crippen MR) is 133 cm³/mol. The van der Waals surface area contributed by atoms with Crippen LogP contribution in [0.25, 0.3) is 0 Å². The van der Waals surface area contributed by atoms with Gasteiger partial charge < -0.3 is 14.6 Å². The number of carbonyl (C=O) groups excluding carboxylic acids is 4. The van der Waals surface area contributed by atoms with Crippen LogP contribution in [-0.2, 0) is 28.7 Å². The highest BCUT2D eigenvalue weighted by molar-refractivity contribution is 6.01. The molecule has 0 aliphatic heterocycles. The van der Waals surface area contributed by atoms with Gasteiger partial charge in [-0.15, -0.1) is 0 Å². The van der Waals surface area contributed by atoms with E-state index < -0.39 is 64.4 Å². The summed E-state index contributed by atoms with van der Waals surface area (Å²) in [6, 6.07) is 0. The molecule has 0 bridgehead atoms. The van der Waals surface area contributed by atoms with Crippen molar-refractivity contribution < 1.29 is 38.1 Å². The average molecular weight is 519 g/mol. The largest absolute Gasteiger partial charge is 0.458 e. The first kappa shape index (κ1) is 27.7. The molecule has 37 heavy (non-hydrogen) atoms. The number of halogens is 1. The van der Waals surface area contributed by atoms with Crippen molar-refractivity contribution in [3.8, 4) is 0 Å². The van der Waals surface area contributed by atoms with Gasteiger partial charge in [0.25, 0.3) is 0 Å². The smallest absolute Gasteiger partial charge is 0.306 e. The van der Waals surface area contributed by atoms with Gasteiger partial charge in [0, 0.05) is 36.0 Å². The first-order chi connectivity index (χ1) is 17.3. The number of alkyl halides is 1. The third-order valence-electron chi connectivity index (χ3n) is 10.0. The van der Waals surface area contributed by atoms with Gasteiger partial charge in [0.2, 0.25) is 5.78 Å². The number of Topliss-reactive ketones (excluding diaryl/α,β-unsaturated/α-hetero) is 1. The van der Waals surface area contributed by atoms with Gasteiger partial charge in [0.1, 0.15) is 0 Å². The molecule has 0 aromatic rings. The quantitative estimate of drug-likeness (QED) is 0.503. The second kappa shape index (κ2) is 9.44. The van der Waals surface area contributed by atoms with Crippen molar-refractivity contribution in [2.24, 2.45) is 28.6 Å². The van der Waals surface area contributed by atoms with Crippen LogP contribution >= 0.6 is 0 Å². The molecule has 4 rings (SSSR count). The maximum absolute atomic E-state index is 17.4. The molecule has 0 amide bonds. The summed E-state index contributed by atoms with van der Waals surface area (Å²) >= 11 is 0. The first-order valence-electron chi connectivity index (χ1n) is 13.5. The van der Waals surface area contributed by atoms with Gasteiger partial charge in [-0.1, -0.05) is 38.8 Å². The molecule has 1 N–H and O–H groups in total. The number of rotatable bonds is 7. The topological polar surface area (TPSA) is 107 Å². The minimum Gasteiger partial charge on any atom is -0.458 e. The van der Waals surface area contributed by atoms with Gasteiger partial charge in [0.15, 0.2) is 23.7 Å². The molecule has 0 saturated heterocycles. The maximum atomic E-state index is 17.4. The van der Waals surface area contributed by atoms with Crippen molar-refractivity contribution in [1.82, 2.24) is 0 Å². The summed E-state index contributed by atoms with van der Waals surface area (Å²) in [5.74, 6) is -3.34. The zero-order chi connectivity index (χ0) is 27.4. The Balaban J connectivity index is 1.79. The number of fused-ring (bicyclic) bond motifs is 5. The lowest BCUT2D eigenvalue weighted by molar-refractivity contribution is -0.228. The molecule has 0 aromatic carbocycles. The summed E-state index contributed by atoms with van der Waals surface area (Å²) in [5.41, 5.74) is -5.26. The highest BCUT2D eigenvalue weighted by Crippen LogP contribution is 2.71. The van der Waals surface area contributed by atoms with E-state index in [4.69, 9.17) is 9.47 Å². The molecular formula is C29H39FO7. The zero-order valence-electron chi connectivity index (χ0n) is 22.5. The number of hydrogen-bond donors (Lipinski definition) is 1. The number of unbranched alkanes of at least 4 members (excludes halogenated alkanes) is 1. The van der Waals surface area contributed by atoms with Crippen LogP contribution in [0.5, 0.6) is 0 Å². The maximum Gasteiger partial charge on any atom is 0.306 e. The molecule has 0 unspecified atom stereocenters. The van der Waals surface area contributed by atoms with E-state index in [2.05, 4.69) is 0 Å². The molecule has 4 aliphatic rings. The van der Waals surface area contributed by atoms with E-state index in [0.29, 0.717) is 31.3 Å². The van der Waals surface area contributed by atoms with E-state index in [-0.39, 0.29) is 24.5 Å². The van der Waals surface area contributed by atoms with Gasteiger partial charge in [-0.2, -0.15) is 0 Å². The minimum absolute atomic E-state index is 0.105. The number of ketones is 2. The molecule has 0 aromatic heterocycles. The zero-order valence-corrected chi connectivity index (χ0v) is 22.5. The molecule has 4 aliphatic carbocycles. The Labute approximate surface area is 217 Å². The molecule has 8 heteroatoms. The lowest BCUT2D eigenvalue weighted by atomic mass is 9.44. The second-order valence-corrected chi connectivity index (χ2v) is 11.9. The second-order valence-electron chi connectivity index (χ2n) is 11.9. The third-order valence-corrected chi connectivity index (χ3v) is 10.0. The van der Waals surface area contributed by atoms with Gasteiger partial charge >= 0.3 is 11.9 Å². The normalized spacial score (nSPS) is 42.2. The van der Waals surface area contributed by atoms with E-state index in [1.165, 1.54) is 19.1 Å². The molecule has 3 saturated carbocycles. The number of esters is 2. The van der Waals surface area contributed by atoms with Crippen LogP contribution in [0.2, 0.25) is 0 Å². The van der Waals surface area contributed by atoms with Gasteiger partial charge in [-0.05, 0) is 57.1 Å². The van der Waals surface area contributed by atoms with E-state index in [0.717, 1.165) is 6.42 Å². The summed E-state index contributed by atoms with van der Waals surface area (Å²) in [7, 11) is 0. The van der Waals surface area contributed by atoms with Crippen LogP contribution in [0.15, 0.2) is 23.8 Å². The molecule has 0 spiro atoms. The van der Waals surface area contributed by atoms with E-state index in [1.54, 1.807) is 13.0 Å². The lowest BCUT2D eigenvalue weighted by Gasteiger charge is -2.62. The standard InChI is InChI=1S/C29H39FO7/c1-6-7-8-25(35)37-29(24(34)16-36-18(3)31)17(2)13-22-21-10-9-19-14-20(32)11-12-26(19,4)28(21,30)23(33)15-27(22,29)5/h11-12,14,17,21-23,33H,6-10,13,15-16H2,1-5H3/t17-,21-,22-,23-,26-,27-,28-,29-/m0/s1. The Morgan fingerprint density at radius 1 is 1.22 bits per heavy atom. The van der Waals surface area contributed by atoms with Crippen LogP contribution < -0.4 is 0 Å².